The fraction of sp³-hybridized carbons (Fsp3) is 0.333. The van der Waals surface area contributed by atoms with Crippen LogP contribution >= 0.6 is 11.6 Å². The Kier molecular flexibility index (Phi) is 10.9. The van der Waals surface area contributed by atoms with Crippen LogP contribution in [-0.2, 0) is 26.2 Å². The molecule has 1 unspecified atom stereocenters. The van der Waals surface area contributed by atoms with E-state index in [1.807, 2.05) is 45.0 Å². The molecule has 1 N–H and O–H groups in total. The topological polar surface area (TPSA) is 86.8 Å². The first-order valence-electron chi connectivity index (χ1n) is 13.1. The highest BCUT2D eigenvalue weighted by molar-refractivity contribution is 7.92. The van der Waals surface area contributed by atoms with Crippen LogP contribution in [0, 0.1) is 6.92 Å². The normalized spacial score (nSPS) is 12.0. The third kappa shape index (κ3) is 8.07. The number of hydrogen-bond acceptors (Lipinski definition) is 4. The second kappa shape index (κ2) is 14.1. The molecule has 2 amide bonds. The molecule has 0 aliphatic heterocycles. The van der Waals surface area contributed by atoms with Crippen LogP contribution < -0.4 is 9.62 Å². The summed E-state index contributed by atoms with van der Waals surface area (Å²) in [5.41, 5.74) is 2.17. The van der Waals surface area contributed by atoms with Crippen LogP contribution in [0.5, 0.6) is 0 Å². The summed E-state index contributed by atoms with van der Waals surface area (Å²) >= 11 is 6.21. The molecule has 9 heteroatoms. The molecule has 0 fully saturated rings. The van der Waals surface area contributed by atoms with Gasteiger partial charge in [-0.3, -0.25) is 13.9 Å². The summed E-state index contributed by atoms with van der Waals surface area (Å²) < 4.78 is 28.6. The lowest BCUT2D eigenvalue weighted by molar-refractivity contribution is -0.140. The van der Waals surface area contributed by atoms with Crippen molar-refractivity contribution in [2.75, 3.05) is 17.4 Å². The smallest absolute Gasteiger partial charge is 0.264 e. The number of sulfonamides is 1. The molecule has 3 aromatic carbocycles. The highest BCUT2D eigenvalue weighted by Gasteiger charge is 2.33. The molecule has 0 aliphatic carbocycles. The lowest BCUT2D eigenvalue weighted by Gasteiger charge is -2.33. The van der Waals surface area contributed by atoms with E-state index < -0.39 is 28.5 Å². The number of carbonyl (C=O) groups is 2. The molecule has 7 nitrogen and oxygen atoms in total. The minimum atomic E-state index is -4.12. The number of halogens is 1. The number of hydrogen-bond donors (Lipinski definition) is 1. The number of nitrogens with zero attached hydrogens (tertiary/aromatic N) is 2. The van der Waals surface area contributed by atoms with Gasteiger partial charge in [0.1, 0.15) is 12.6 Å². The van der Waals surface area contributed by atoms with Crippen LogP contribution in [0.4, 0.5) is 5.69 Å². The molecule has 208 valence electrons. The third-order valence-corrected chi connectivity index (χ3v) is 8.42. The first-order valence-corrected chi connectivity index (χ1v) is 14.9. The van der Waals surface area contributed by atoms with Crippen molar-refractivity contribution >= 4 is 39.1 Å². The van der Waals surface area contributed by atoms with Gasteiger partial charge in [-0.1, -0.05) is 86.0 Å². The van der Waals surface area contributed by atoms with Crippen LogP contribution in [-0.4, -0.2) is 44.3 Å². The second-order valence-corrected chi connectivity index (χ2v) is 11.7. The van der Waals surface area contributed by atoms with Crippen molar-refractivity contribution in [3.8, 4) is 0 Å². The highest BCUT2D eigenvalue weighted by atomic mass is 35.5. The summed E-state index contributed by atoms with van der Waals surface area (Å²) in [7, 11) is -4.12. The Bertz CT molecular complexity index is 1350. The quantitative estimate of drug-likeness (QED) is 0.273. The number of carbonyl (C=O) groups excluding carboxylic acids is 2. The van der Waals surface area contributed by atoms with E-state index in [9.17, 15) is 18.0 Å². The van der Waals surface area contributed by atoms with E-state index in [-0.39, 0.29) is 23.0 Å². The number of aryl methyl sites for hydroxylation is 1. The minimum absolute atomic E-state index is 0.0483. The number of unbranched alkanes of at least 4 members (excludes halogenated alkanes) is 1. The maximum absolute atomic E-state index is 14.0. The van der Waals surface area contributed by atoms with Crippen LogP contribution in [0.15, 0.2) is 83.8 Å². The summed E-state index contributed by atoms with van der Waals surface area (Å²) in [5, 5.41) is 3.27. The van der Waals surface area contributed by atoms with Gasteiger partial charge >= 0.3 is 0 Å². The van der Waals surface area contributed by atoms with Crippen molar-refractivity contribution in [2.24, 2.45) is 0 Å². The fourth-order valence-corrected chi connectivity index (χ4v) is 5.81. The van der Waals surface area contributed by atoms with Gasteiger partial charge in [0.2, 0.25) is 11.8 Å². The van der Waals surface area contributed by atoms with Gasteiger partial charge in [0, 0.05) is 18.1 Å². The number of rotatable bonds is 13. The van der Waals surface area contributed by atoms with Crippen molar-refractivity contribution in [1.82, 2.24) is 10.2 Å². The van der Waals surface area contributed by atoms with Crippen molar-refractivity contribution in [2.45, 2.75) is 57.5 Å². The largest absolute Gasteiger partial charge is 0.354 e. The van der Waals surface area contributed by atoms with E-state index >= 15 is 0 Å². The molecule has 0 radical (unpaired) electrons. The van der Waals surface area contributed by atoms with Gasteiger partial charge in [-0.2, -0.15) is 0 Å². The molecule has 3 rings (SSSR count). The molecular weight excluding hydrogens is 534 g/mol. The standard InChI is InChI=1S/C30H36ClN3O4S/c1-4-6-19-32-30(36)28(5-2)33(21-24-17-15-23(3)16-18-24)29(35)22-34(26-12-10-11-25(31)20-26)39(37,38)27-13-8-7-9-14-27/h7-18,20,28H,4-6,19,21-22H2,1-3H3,(H,32,36). The predicted molar refractivity (Wildman–Crippen MR) is 156 cm³/mol. The van der Waals surface area contributed by atoms with Gasteiger partial charge in [0.25, 0.3) is 10.0 Å². The Balaban J connectivity index is 2.02. The van der Waals surface area contributed by atoms with E-state index in [4.69, 9.17) is 11.6 Å². The Morgan fingerprint density at radius 2 is 1.64 bits per heavy atom. The monoisotopic (exact) mass is 569 g/mol. The highest BCUT2D eigenvalue weighted by Crippen LogP contribution is 2.27. The maximum Gasteiger partial charge on any atom is 0.264 e. The molecular formula is C30H36ClN3O4S. The van der Waals surface area contributed by atoms with E-state index in [0.717, 1.165) is 28.3 Å². The summed E-state index contributed by atoms with van der Waals surface area (Å²) in [6.45, 7) is 6.02. The Morgan fingerprint density at radius 1 is 0.949 bits per heavy atom. The average molecular weight is 570 g/mol. The van der Waals surface area contributed by atoms with E-state index in [0.29, 0.717) is 18.0 Å². The third-order valence-electron chi connectivity index (χ3n) is 6.40. The molecule has 0 saturated carbocycles. The Morgan fingerprint density at radius 3 is 2.26 bits per heavy atom. The zero-order valence-electron chi connectivity index (χ0n) is 22.6. The van der Waals surface area contributed by atoms with E-state index in [2.05, 4.69) is 5.32 Å². The molecule has 0 saturated heterocycles. The van der Waals surface area contributed by atoms with Crippen molar-refractivity contribution in [3.63, 3.8) is 0 Å². The summed E-state index contributed by atoms with van der Waals surface area (Å²) in [4.78, 5) is 28.7. The Hall–Kier alpha value is -3.36. The average Bonchev–Trinajstić information content (AvgIpc) is 2.93. The predicted octanol–water partition coefficient (Wildman–Crippen LogP) is 5.57. The van der Waals surface area contributed by atoms with Gasteiger partial charge in [-0.25, -0.2) is 8.42 Å². The number of anilines is 1. The first-order chi connectivity index (χ1) is 18.7. The zero-order chi connectivity index (χ0) is 28.4. The number of nitrogens with one attached hydrogen (secondary N) is 1. The van der Waals surface area contributed by atoms with Crippen LogP contribution in [0.2, 0.25) is 5.02 Å². The molecule has 39 heavy (non-hydrogen) atoms. The molecule has 0 bridgehead atoms. The van der Waals surface area contributed by atoms with Crippen molar-refractivity contribution in [1.29, 1.82) is 0 Å². The lowest BCUT2D eigenvalue weighted by Crippen LogP contribution is -2.52. The van der Waals surface area contributed by atoms with Gasteiger partial charge in [-0.15, -0.1) is 0 Å². The van der Waals surface area contributed by atoms with E-state index in [1.54, 1.807) is 36.4 Å². The minimum Gasteiger partial charge on any atom is -0.354 e. The molecule has 0 heterocycles. The summed E-state index contributed by atoms with van der Waals surface area (Å²) in [6.07, 6.45) is 2.12. The van der Waals surface area contributed by atoms with E-state index in [1.165, 1.54) is 23.1 Å². The van der Waals surface area contributed by atoms with Crippen LogP contribution in [0.1, 0.15) is 44.2 Å². The second-order valence-electron chi connectivity index (χ2n) is 9.38. The number of benzene rings is 3. The molecule has 0 spiro atoms. The summed E-state index contributed by atoms with van der Waals surface area (Å²) in [5.74, 6) is -0.751. The lowest BCUT2D eigenvalue weighted by atomic mass is 10.1. The zero-order valence-corrected chi connectivity index (χ0v) is 24.2. The molecule has 0 aliphatic rings. The first kappa shape index (κ1) is 30.2. The number of amides is 2. The van der Waals surface area contributed by atoms with Crippen molar-refractivity contribution < 1.29 is 18.0 Å². The Labute approximate surface area is 236 Å². The van der Waals surface area contributed by atoms with Gasteiger partial charge < -0.3 is 10.2 Å². The van der Waals surface area contributed by atoms with Gasteiger partial charge in [0.15, 0.2) is 0 Å². The SMILES string of the molecule is CCCCNC(=O)C(CC)N(Cc1ccc(C)cc1)C(=O)CN(c1cccc(Cl)c1)S(=O)(=O)c1ccccc1. The molecule has 1 atom stereocenters. The van der Waals surface area contributed by atoms with Gasteiger partial charge in [0.05, 0.1) is 10.6 Å². The maximum atomic E-state index is 14.0. The summed E-state index contributed by atoms with van der Waals surface area (Å²) in [6, 6.07) is 21.3. The fourth-order valence-electron chi connectivity index (χ4n) is 4.20. The van der Waals surface area contributed by atoms with Crippen LogP contribution in [0.3, 0.4) is 0 Å². The van der Waals surface area contributed by atoms with Gasteiger partial charge in [-0.05, 0) is 55.7 Å². The van der Waals surface area contributed by atoms with Crippen molar-refractivity contribution in [3.05, 3.63) is 95.0 Å². The molecule has 3 aromatic rings. The molecule has 0 aromatic heterocycles. The van der Waals surface area contributed by atoms with Crippen LogP contribution in [0.25, 0.3) is 0 Å².